The molecule has 0 bridgehead atoms. The smallest absolute Gasteiger partial charge is 0.290 e. The number of carbonyl (C=O) groups excluding carboxylic acids is 1. The van der Waals surface area contributed by atoms with Gasteiger partial charge in [0.1, 0.15) is 17.5 Å². The molecule has 3 N–H and O–H groups in total. The molecule has 10 heteroatoms. The summed E-state index contributed by atoms with van der Waals surface area (Å²) < 4.78 is 0. The van der Waals surface area contributed by atoms with Crippen molar-refractivity contribution in [3.05, 3.63) is 23.0 Å². The van der Waals surface area contributed by atoms with Gasteiger partial charge in [-0.2, -0.15) is 5.26 Å². The standard InChI is InChI=1S/C18H22N6OS.CH2O2/c1-10(2)17(25)24-6-5-13-12(9-24)15(11(7-19)16(20)22-13)14-8-21-18(26-14)23(3)4;2-1-3/h8,10H,5-6,9H2,1-4H3,(H2,20,22);1H,(H,2,3). The maximum atomic E-state index is 12.5. The highest BCUT2D eigenvalue weighted by Gasteiger charge is 2.29. The van der Waals surface area contributed by atoms with Crippen molar-refractivity contribution in [2.24, 2.45) is 5.92 Å². The summed E-state index contributed by atoms with van der Waals surface area (Å²) in [6, 6.07) is 2.19. The first kappa shape index (κ1) is 22.1. The summed E-state index contributed by atoms with van der Waals surface area (Å²) in [4.78, 5) is 34.3. The summed E-state index contributed by atoms with van der Waals surface area (Å²) in [5, 5.41) is 17.4. The van der Waals surface area contributed by atoms with Crippen molar-refractivity contribution in [2.75, 3.05) is 31.3 Å². The molecular formula is C19H24N6O3S. The second-order valence-corrected chi connectivity index (χ2v) is 7.96. The Balaban J connectivity index is 0.000000941. The Bertz CT molecular complexity index is 948. The summed E-state index contributed by atoms with van der Waals surface area (Å²) in [6.07, 6.45) is 2.40. The third-order valence-corrected chi connectivity index (χ3v) is 5.60. The molecule has 0 saturated heterocycles. The number of aromatic nitrogens is 2. The number of carbonyl (C=O) groups is 2. The summed E-state index contributed by atoms with van der Waals surface area (Å²) >= 11 is 1.50. The quantitative estimate of drug-likeness (QED) is 0.725. The Morgan fingerprint density at radius 1 is 1.48 bits per heavy atom. The van der Waals surface area contributed by atoms with Crippen molar-refractivity contribution >= 4 is 34.7 Å². The molecule has 9 nitrogen and oxygen atoms in total. The second kappa shape index (κ2) is 9.34. The lowest BCUT2D eigenvalue weighted by Crippen LogP contribution is -2.39. The molecule has 0 saturated carbocycles. The van der Waals surface area contributed by atoms with Crippen molar-refractivity contribution < 1.29 is 14.7 Å². The fourth-order valence-corrected chi connectivity index (χ4v) is 4.02. The molecule has 0 radical (unpaired) electrons. The van der Waals surface area contributed by atoms with Crippen LogP contribution >= 0.6 is 11.3 Å². The third-order valence-electron chi connectivity index (χ3n) is 4.42. The first-order valence-corrected chi connectivity index (χ1v) is 9.78. The molecule has 0 unspecified atom stereocenters. The molecule has 1 aliphatic heterocycles. The number of nitrogens with zero attached hydrogens (tertiary/aromatic N) is 5. The van der Waals surface area contributed by atoms with E-state index in [1.807, 2.05) is 37.7 Å². The number of nitriles is 1. The number of rotatable bonds is 3. The number of nitrogens with two attached hydrogens (primary N) is 1. The monoisotopic (exact) mass is 416 g/mol. The topological polar surface area (TPSA) is 136 Å². The zero-order valence-corrected chi connectivity index (χ0v) is 17.7. The van der Waals surface area contributed by atoms with Gasteiger partial charge in [-0.1, -0.05) is 25.2 Å². The van der Waals surface area contributed by atoms with Crippen LogP contribution in [0.2, 0.25) is 0 Å². The number of hydrogen-bond acceptors (Lipinski definition) is 8. The molecule has 154 valence electrons. The maximum absolute atomic E-state index is 12.5. The third kappa shape index (κ3) is 4.63. The van der Waals surface area contributed by atoms with Gasteiger partial charge in [-0.3, -0.25) is 9.59 Å². The number of carboxylic acid groups (broad SMARTS) is 1. The van der Waals surface area contributed by atoms with Gasteiger partial charge in [-0.15, -0.1) is 0 Å². The molecule has 1 aliphatic rings. The lowest BCUT2D eigenvalue weighted by Gasteiger charge is -2.31. The molecule has 0 atom stereocenters. The van der Waals surface area contributed by atoms with Gasteiger partial charge in [-0.25, -0.2) is 9.97 Å². The van der Waals surface area contributed by atoms with Gasteiger partial charge in [0.2, 0.25) is 5.91 Å². The van der Waals surface area contributed by atoms with E-state index in [0.29, 0.717) is 25.1 Å². The molecule has 29 heavy (non-hydrogen) atoms. The van der Waals surface area contributed by atoms with Crippen molar-refractivity contribution in [1.82, 2.24) is 14.9 Å². The molecule has 0 spiro atoms. The number of pyridine rings is 1. The van der Waals surface area contributed by atoms with Crippen LogP contribution in [0.25, 0.3) is 10.4 Å². The highest BCUT2D eigenvalue weighted by Crippen LogP contribution is 2.39. The van der Waals surface area contributed by atoms with Crippen LogP contribution in [0, 0.1) is 17.2 Å². The largest absolute Gasteiger partial charge is 0.483 e. The Morgan fingerprint density at radius 2 is 2.14 bits per heavy atom. The first-order valence-electron chi connectivity index (χ1n) is 8.96. The predicted molar refractivity (Wildman–Crippen MR) is 111 cm³/mol. The van der Waals surface area contributed by atoms with Gasteiger partial charge < -0.3 is 20.6 Å². The van der Waals surface area contributed by atoms with Crippen molar-refractivity contribution in [2.45, 2.75) is 26.8 Å². The normalized spacial score (nSPS) is 12.5. The predicted octanol–water partition coefficient (Wildman–Crippen LogP) is 1.97. The molecule has 2 aromatic rings. The lowest BCUT2D eigenvalue weighted by molar-refractivity contribution is -0.135. The fourth-order valence-electron chi connectivity index (χ4n) is 3.11. The lowest BCUT2D eigenvalue weighted by atomic mass is 9.94. The van der Waals surface area contributed by atoms with Gasteiger partial charge in [0.05, 0.1) is 10.6 Å². The Kier molecular flexibility index (Phi) is 7.12. The van der Waals surface area contributed by atoms with Gasteiger partial charge in [0.15, 0.2) is 5.13 Å². The molecule has 0 aliphatic carbocycles. The SMILES string of the molecule is CC(C)C(=O)N1CCc2nc(N)c(C#N)c(-c3cnc(N(C)C)s3)c2C1.O=CO. The molecule has 0 fully saturated rings. The zero-order valence-electron chi connectivity index (χ0n) is 16.8. The van der Waals surface area contributed by atoms with E-state index < -0.39 is 0 Å². The van der Waals surface area contributed by atoms with Crippen LogP contribution < -0.4 is 10.6 Å². The van der Waals surface area contributed by atoms with Gasteiger partial charge in [-0.05, 0) is 0 Å². The fraction of sp³-hybridized carbons (Fsp3) is 0.421. The minimum absolute atomic E-state index is 0.0686. The van der Waals surface area contributed by atoms with Crippen LogP contribution in [-0.4, -0.2) is 53.0 Å². The minimum Gasteiger partial charge on any atom is -0.483 e. The van der Waals surface area contributed by atoms with Crippen LogP contribution in [-0.2, 0) is 22.6 Å². The molecule has 1 amide bonds. The van der Waals surface area contributed by atoms with Crippen LogP contribution in [0.1, 0.15) is 30.7 Å². The molecule has 3 heterocycles. The average Bonchev–Trinajstić information content (AvgIpc) is 3.16. The van der Waals surface area contributed by atoms with Crippen molar-refractivity contribution in [3.8, 4) is 16.5 Å². The molecule has 0 aromatic carbocycles. The number of fused-ring (bicyclic) bond motifs is 1. The zero-order chi connectivity index (χ0) is 21.7. The van der Waals surface area contributed by atoms with Crippen LogP contribution in [0.5, 0.6) is 0 Å². The Labute approximate surface area is 173 Å². The van der Waals surface area contributed by atoms with Crippen molar-refractivity contribution in [3.63, 3.8) is 0 Å². The van der Waals surface area contributed by atoms with E-state index in [0.717, 1.165) is 26.8 Å². The number of thiazole rings is 1. The summed E-state index contributed by atoms with van der Waals surface area (Å²) in [7, 11) is 3.85. The van der Waals surface area contributed by atoms with Gasteiger partial charge >= 0.3 is 0 Å². The molecule has 2 aromatic heterocycles. The van der Waals surface area contributed by atoms with E-state index in [1.54, 1.807) is 6.20 Å². The number of hydrogen-bond donors (Lipinski definition) is 2. The maximum Gasteiger partial charge on any atom is 0.290 e. The summed E-state index contributed by atoms with van der Waals surface area (Å²) in [6.45, 7) is 4.60. The average molecular weight is 417 g/mol. The number of nitrogen functional groups attached to an aromatic ring is 1. The first-order chi connectivity index (χ1) is 13.7. The molecule has 3 rings (SSSR count). The minimum atomic E-state index is -0.250. The van der Waals surface area contributed by atoms with E-state index >= 15 is 0 Å². The van der Waals surface area contributed by atoms with Crippen molar-refractivity contribution in [1.29, 1.82) is 5.26 Å². The van der Waals surface area contributed by atoms with E-state index in [4.69, 9.17) is 15.6 Å². The van der Waals surface area contributed by atoms with Gasteiger partial charge in [0.25, 0.3) is 6.47 Å². The van der Waals surface area contributed by atoms with E-state index in [-0.39, 0.29) is 24.1 Å². The van der Waals surface area contributed by atoms with E-state index in [2.05, 4.69) is 16.0 Å². The van der Waals surface area contributed by atoms with Gasteiger partial charge in [0, 0.05) is 56.8 Å². The number of anilines is 2. The highest BCUT2D eigenvalue weighted by atomic mass is 32.1. The number of amides is 1. The van der Waals surface area contributed by atoms with Crippen LogP contribution in [0.15, 0.2) is 6.20 Å². The van der Waals surface area contributed by atoms with E-state index in [1.165, 1.54) is 11.3 Å². The van der Waals surface area contributed by atoms with Crippen LogP contribution in [0.3, 0.4) is 0 Å². The second-order valence-electron chi connectivity index (χ2n) is 6.96. The van der Waals surface area contributed by atoms with Crippen LogP contribution in [0.4, 0.5) is 10.9 Å². The Hall–Kier alpha value is -3.19. The molecular weight excluding hydrogens is 392 g/mol. The summed E-state index contributed by atoms with van der Waals surface area (Å²) in [5.41, 5.74) is 8.96. The highest BCUT2D eigenvalue weighted by molar-refractivity contribution is 7.18. The van der Waals surface area contributed by atoms with E-state index in [9.17, 15) is 10.1 Å². The summed E-state index contributed by atoms with van der Waals surface area (Å²) in [5.74, 6) is 0.279. The Morgan fingerprint density at radius 3 is 2.66 bits per heavy atom.